The van der Waals surface area contributed by atoms with Crippen molar-refractivity contribution in [1.29, 1.82) is 0 Å². The van der Waals surface area contributed by atoms with Crippen LogP contribution in [0.4, 0.5) is 0 Å². The molecule has 0 fully saturated rings. The lowest BCUT2D eigenvalue weighted by Gasteiger charge is -2.14. The highest BCUT2D eigenvalue weighted by molar-refractivity contribution is 5.98. The first-order valence-electron chi connectivity index (χ1n) is 17.0. The van der Waals surface area contributed by atoms with Gasteiger partial charge >= 0.3 is 0 Å². The van der Waals surface area contributed by atoms with E-state index in [-0.39, 0.29) is 17.5 Å². The normalized spacial score (nSPS) is 11.5. The van der Waals surface area contributed by atoms with E-state index in [1.807, 2.05) is 13.8 Å². The molecule has 9 N–H and O–H groups in total. The van der Waals surface area contributed by atoms with Gasteiger partial charge in [-0.25, -0.2) is 0 Å². The van der Waals surface area contributed by atoms with Crippen molar-refractivity contribution < 1.29 is 44.0 Å². The first kappa shape index (κ1) is 40.9. The second kappa shape index (κ2) is 23.1. The summed E-state index contributed by atoms with van der Waals surface area (Å²) in [6, 6.07) is 26.1. The molecule has 0 saturated carbocycles. The number of rotatable bonds is 21. The number of amidine groups is 3. The largest absolute Gasteiger partial charge is 0.493 e. The molecule has 53 heavy (non-hydrogen) atoms. The van der Waals surface area contributed by atoms with Crippen LogP contribution in [0, 0.1) is 0 Å². The molecule has 0 amide bonds. The Morgan fingerprint density at radius 1 is 0.396 bits per heavy atom. The Labute approximate surface area is 308 Å². The van der Waals surface area contributed by atoms with Gasteiger partial charge in [0.2, 0.25) is 0 Å². The average molecular weight is 733 g/mol. The molecule has 0 aliphatic heterocycles. The summed E-state index contributed by atoms with van der Waals surface area (Å²) in [5.41, 5.74) is 18.6. The molecule has 15 nitrogen and oxygen atoms in total. The molecular formula is C38H48N6O9. The fraction of sp³-hybridized carbons (Fsp3) is 0.289. The fourth-order valence-electron chi connectivity index (χ4n) is 4.45. The second-order valence-electron chi connectivity index (χ2n) is 10.8. The van der Waals surface area contributed by atoms with Crippen molar-refractivity contribution in [3.05, 3.63) is 108 Å². The minimum atomic E-state index is 0.0262. The highest BCUT2D eigenvalue weighted by atomic mass is 16.5. The lowest BCUT2D eigenvalue weighted by atomic mass is 10.2. The summed E-state index contributed by atoms with van der Waals surface area (Å²) in [5.74, 6) is 3.77. The van der Waals surface area contributed by atoms with Crippen LogP contribution in [-0.2, 0) is 0 Å². The second-order valence-corrected chi connectivity index (χ2v) is 10.8. The molecule has 15 heteroatoms. The van der Waals surface area contributed by atoms with Crippen LogP contribution in [-0.4, -0.2) is 72.8 Å². The van der Waals surface area contributed by atoms with Gasteiger partial charge in [-0.3, -0.25) is 0 Å². The molecule has 0 atom stereocenters. The Hall–Kier alpha value is -6.51. The van der Waals surface area contributed by atoms with Crippen LogP contribution in [0.15, 0.2) is 106 Å². The van der Waals surface area contributed by atoms with Gasteiger partial charge in [-0.15, -0.1) is 0 Å². The van der Waals surface area contributed by atoms with E-state index in [9.17, 15) is 0 Å². The van der Waals surface area contributed by atoms with Crippen molar-refractivity contribution in [1.82, 2.24) is 0 Å². The minimum Gasteiger partial charge on any atom is -0.493 e. The van der Waals surface area contributed by atoms with E-state index in [0.717, 1.165) is 0 Å². The van der Waals surface area contributed by atoms with Crippen molar-refractivity contribution in [2.45, 2.75) is 33.1 Å². The van der Waals surface area contributed by atoms with Crippen LogP contribution in [0.25, 0.3) is 0 Å². The van der Waals surface area contributed by atoms with E-state index in [1.165, 1.54) is 0 Å². The van der Waals surface area contributed by atoms with Gasteiger partial charge in [0, 0.05) is 54.2 Å². The summed E-state index contributed by atoms with van der Waals surface area (Å²) in [5, 5.41) is 35.4. The molecule has 0 aliphatic rings. The number of nitrogens with zero attached hydrogens (tertiary/aromatic N) is 3. The molecule has 4 rings (SSSR count). The summed E-state index contributed by atoms with van der Waals surface area (Å²) in [7, 11) is 0. The Balaban J connectivity index is 0.00000372. The highest BCUT2D eigenvalue weighted by Crippen LogP contribution is 2.28. The first-order chi connectivity index (χ1) is 25.9. The molecular weight excluding hydrogens is 684 g/mol. The monoisotopic (exact) mass is 732 g/mol. The third kappa shape index (κ3) is 14.3. The molecule has 4 aromatic carbocycles. The van der Waals surface area contributed by atoms with Gasteiger partial charge in [0.15, 0.2) is 17.5 Å². The van der Waals surface area contributed by atoms with Crippen molar-refractivity contribution in [3.63, 3.8) is 0 Å². The molecule has 0 heterocycles. The maximum Gasteiger partial charge on any atom is 0.170 e. The maximum atomic E-state index is 8.82. The van der Waals surface area contributed by atoms with E-state index >= 15 is 0 Å². The van der Waals surface area contributed by atoms with Crippen LogP contribution < -0.4 is 45.6 Å². The van der Waals surface area contributed by atoms with Crippen LogP contribution in [0.2, 0.25) is 0 Å². The summed E-state index contributed by atoms with van der Waals surface area (Å²) >= 11 is 0. The van der Waals surface area contributed by atoms with E-state index in [4.69, 9.17) is 61.2 Å². The Kier molecular flexibility index (Phi) is 17.8. The SMILES string of the molecule is CC.N/C(=N\O)c1ccc(OCCCOc2cc(OCCCOc3ccc(/C(N)=N/O)cc3)cc(OCCCOc3ccc(/C(N)=N\O)cc3)c2)cc1. The summed E-state index contributed by atoms with van der Waals surface area (Å²) in [6.07, 6.45) is 1.83. The van der Waals surface area contributed by atoms with Crippen molar-refractivity contribution in [3.8, 4) is 34.5 Å². The number of ether oxygens (including phenoxy) is 6. The zero-order chi connectivity index (χ0) is 38.3. The number of hydrogen-bond donors (Lipinski definition) is 6. The average Bonchev–Trinajstić information content (AvgIpc) is 3.21. The van der Waals surface area contributed by atoms with Crippen molar-refractivity contribution >= 4 is 17.5 Å². The zero-order valence-corrected chi connectivity index (χ0v) is 29.9. The van der Waals surface area contributed by atoms with E-state index in [0.29, 0.717) is 110 Å². The van der Waals surface area contributed by atoms with E-state index < -0.39 is 0 Å². The van der Waals surface area contributed by atoms with Gasteiger partial charge in [-0.1, -0.05) is 29.3 Å². The third-order valence-electron chi connectivity index (χ3n) is 7.11. The molecule has 284 valence electrons. The van der Waals surface area contributed by atoms with Crippen molar-refractivity contribution in [2.24, 2.45) is 32.7 Å². The summed E-state index contributed by atoms with van der Waals surface area (Å²) in [4.78, 5) is 0. The number of oxime groups is 3. The van der Waals surface area contributed by atoms with Gasteiger partial charge in [-0.2, -0.15) is 0 Å². The minimum absolute atomic E-state index is 0.0262. The van der Waals surface area contributed by atoms with Crippen molar-refractivity contribution in [2.75, 3.05) is 39.6 Å². The third-order valence-corrected chi connectivity index (χ3v) is 7.11. The molecule has 0 radical (unpaired) electrons. The molecule has 4 aromatic rings. The summed E-state index contributed by atoms with van der Waals surface area (Å²) < 4.78 is 35.4. The highest BCUT2D eigenvalue weighted by Gasteiger charge is 2.07. The van der Waals surface area contributed by atoms with Gasteiger partial charge < -0.3 is 61.2 Å². The molecule has 0 aromatic heterocycles. The fourth-order valence-corrected chi connectivity index (χ4v) is 4.45. The number of benzene rings is 4. The van der Waals surface area contributed by atoms with E-state index in [2.05, 4.69) is 15.5 Å². The molecule has 0 bridgehead atoms. The van der Waals surface area contributed by atoms with Gasteiger partial charge in [-0.05, 0) is 72.8 Å². The van der Waals surface area contributed by atoms with E-state index in [1.54, 1.807) is 91.0 Å². The zero-order valence-electron chi connectivity index (χ0n) is 29.9. The molecule has 0 unspecified atom stereocenters. The Morgan fingerprint density at radius 3 is 0.811 bits per heavy atom. The number of hydrogen-bond acceptors (Lipinski definition) is 12. The Morgan fingerprint density at radius 2 is 0.604 bits per heavy atom. The van der Waals surface area contributed by atoms with Gasteiger partial charge in [0.05, 0.1) is 39.6 Å². The first-order valence-corrected chi connectivity index (χ1v) is 17.0. The van der Waals surface area contributed by atoms with Crippen LogP contribution in [0.1, 0.15) is 49.8 Å². The predicted molar refractivity (Wildman–Crippen MR) is 201 cm³/mol. The predicted octanol–water partition coefficient (Wildman–Crippen LogP) is 5.54. The summed E-state index contributed by atoms with van der Waals surface area (Å²) in [6.45, 7) is 6.40. The van der Waals surface area contributed by atoms with Gasteiger partial charge in [0.25, 0.3) is 0 Å². The van der Waals surface area contributed by atoms with Crippen LogP contribution in [0.5, 0.6) is 34.5 Å². The smallest absolute Gasteiger partial charge is 0.170 e. The lowest BCUT2D eigenvalue weighted by Crippen LogP contribution is -2.12. The Bertz CT molecular complexity index is 1520. The van der Waals surface area contributed by atoms with Crippen LogP contribution >= 0.6 is 0 Å². The standard InChI is InChI=1S/C36H42N6O9.C2H6/c37-34(40-43)25-4-10-28(11-5-25)46-16-1-19-49-31-22-32(50-20-2-17-47-29-12-6-26(7-13-29)35(38)41-44)24-33(23-31)51-21-3-18-48-30-14-8-27(9-15-30)36(39)42-45;1-2/h4-15,22-24,43-45H,1-3,16-21H2,(H2,37,40)(H2,38,41)(H2,39,42);1-2H3. The quantitative estimate of drug-likeness (QED) is 0.0204. The lowest BCUT2D eigenvalue weighted by molar-refractivity contribution is 0.233. The topological polar surface area (TPSA) is 231 Å². The molecule has 0 aliphatic carbocycles. The van der Waals surface area contributed by atoms with Crippen LogP contribution in [0.3, 0.4) is 0 Å². The molecule has 0 spiro atoms. The van der Waals surface area contributed by atoms with Gasteiger partial charge in [0.1, 0.15) is 34.5 Å². The number of nitrogens with two attached hydrogens (primary N) is 3. The molecule has 0 saturated heterocycles. The maximum absolute atomic E-state index is 8.82.